The Balaban J connectivity index is 1.51. The number of rotatable bonds is 7. The van der Waals surface area contributed by atoms with Crippen LogP contribution in [0.1, 0.15) is 43.2 Å². The third-order valence-corrected chi connectivity index (χ3v) is 8.84. The zero-order valence-electron chi connectivity index (χ0n) is 23.8. The highest BCUT2D eigenvalue weighted by Gasteiger charge is 2.44. The Bertz CT molecular complexity index is 1530. The van der Waals surface area contributed by atoms with Crippen LogP contribution in [0.15, 0.2) is 12.1 Å². The molecule has 1 aliphatic carbocycles. The van der Waals surface area contributed by atoms with Crippen molar-refractivity contribution in [1.29, 1.82) is 0 Å². The molecule has 0 radical (unpaired) electrons. The van der Waals surface area contributed by atoms with Gasteiger partial charge in [-0.15, -0.1) is 0 Å². The summed E-state index contributed by atoms with van der Waals surface area (Å²) in [4.78, 5) is 17.2. The number of nitrogen functional groups attached to an aromatic ring is 1. The van der Waals surface area contributed by atoms with Crippen molar-refractivity contribution in [1.82, 2.24) is 25.2 Å². The Morgan fingerprint density at radius 1 is 1.14 bits per heavy atom. The van der Waals surface area contributed by atoms with Crippen LogP contribution in [0.25, 0.3) is 22.2 Å². The van der Waals surface area contributed by atoms with Gasteiger partial charge in [0.15, 0.2) is 5.82 Å². The van der Waals surface area contributed by atoms with Gasteiger partial charge in [-0.2, -0.15) is 23.1 Å². The molecule has 3 aliphatic rings. The van der Waals surface area contributed by atoms with E-state index in [0.717, 1.165) is 44.7 Å². The minimum absolute atomic E-state index is 0.0233. The van der Waals surface area contributed by atoms with Crippen LogP contribution in [0.5, 0.6) is 6.01 Å². The van der Waals surface area contributed by atoms with E-state index in [9.17, 15) is 13.2 Å². The van der Waals surface area contributed by atoms with Gasteiger partial charge in [0.25, 0.3) is 0 Å². The van der Waals surface area contributed by atoms with Gasteiger partial charge in [-0.3, -0.25) is 0 Å². The molecule has 2 bridgehead atoms. The number of nitrogens with one attached hydrogen (secondary N) is 1. The predicted molar refractivity (Wildman–Crippen MR) is 154 cm³/mol. The van der Waals surface area contributed by atoms with Crippen molar-refractivity contribution in [3.63, 3.8) is 0 Å². The van der Waals surface area contributed by atoms with Crippen LogP contribution < -0.4 is 20.7 Å². The highest BCUT2D eigenvalue weighted by Crippen LogP contribution is 2.47. The Kier molecular flexibility index (Phi) is 7.38. The van der Waals surface area contributed by atoms with Crippen LogP contribution >= 0.6 is 11.6 Å². The number of benzene rings is 1. The van der Waals surface area contributed by atoms with E-state index < -0.39 is 28.8 Å². The summed E-state index contributed by atoms with van der Waals surface area (Å²) in [5.41, 5.74) is 3.14. The Labute approximate surface area is 246 Å². The highest BCUT2D eigenvalue weighted by molar-refractivity contribution is 6.34. The smallest absolute Gasteiger partial charge is 0.418 e. The summed E-state index contributed by atoms with van der Waals surface area (Å²) in [6.45, 7) is 3.73. The lowest BCUT2D eigenvalue weighted by molar-refractivity contribution is -0.137. The number of pyridine rings is 1. The fourth-order valence-electron chi connectivity index (χ4n) is 6.47. The maximum atomic E-state index is 16.5. The fraction of sp³-hybridized carbons (Fsp3) is 0.552. The maximum absolute atomic E-state index is 16.5. The van der Waals surface area contributed by atoms with Gasteiger partial charge < -0.3 is 25.6 Å². The fourth-order valence-corrected chi connectivity index (χ4v) is 6.75. The molecule has 8 nitrogen and oxygen atoms in total. The molecule has 42 heavy (non-hydrogen) atoms. The molecule has 3 aromatic rings. The van der Waals surface area contributed by atoms with E-state index in [1.165, 1.54) is 13.0 Å². The molecule has 2 atom stereocenters. The van der Waals surface area contributed by atoms with Crippen molar-refractivity contribution in [2.24, 2.45) is 5.41 Å². The predicted octanol–water partition coefficient (Wildman–Crippen LogP) is 5.45. The van der Waals surface area contributed by atoms with Crippen LogP contribution in [0.2, 0.25) is 5.02 Å². The second-order valence-electron chi connectivity index (χ2n) is 12.3. The Morgan fingerprint density at radius 2 is 1.88 bits per heavy atom. The number of alkyl halides is 3. The molecule has 2 saturated heterocycles. The number of halogens is 5. The van der Waals surface area contributed by atoms with Gasteiger partial charge >= 0.3 is 12.2 Å². The number of fused-ring (bicyclic) bond motifs is 3. The lowest BCUT2D eigenvalue weighted by atomic mass is 9.99. The first-order valence-electron chi connectivity index (χ1n) is 14.2. The van der Waals surface area contributed by atoms with Gasteiger partial charge in [0.05, 0.1) is 28.5 Å². The van der Waals surface area contributed by atoms with Gasteiger partial charge in [-0.25, -0.2) is 9.37 Å². The molecule has 13 heteroatoms. The van der Waals surface area contributed by atoms with Gasteiger partial charge in [0.2, 0.25) is 0 Å². The number of hydrogen-bond acceptors (Lipinski definition) is 8. The lowest BCUT2D eigenvalue weighted by Gasteiger charge is -2.27. The van der Waals surface area contributed by atoms with Gasteiger partial charge in [0.1, 0.15) is 17.2 Å². The number of nitrogens with two attached hydrogens (primary N) is 1. The lowest BCUT2D eigenvalue weighted by Crippen LogP contribution is -2.36. The molecule has 6 rings (SSSR count). The summed E-state index contributed by atoms with van der Waals surface area (Å²) in [7, 11) is 3.99. The standard InChI is InChI=1S/C29H34ClF4N7O/c1-15-10-20(35)37-25(22(15)29(32,33)34)21-19(30)11-18-24(23(21)31)38-27(42-14-28(7-8-28)13-40(2)3)39-26(18)41-9-6-16-4-5-17(12-41)36-16/h10-11,16-17,36H,4-9,12-14H2,1-3H3,(H2,35,37)/t16-,17+/m1/s1. The second kappa shape index (κ2) is 10.6. The van der Waals surface area contributed by atoms with E-state index in [1.807, 2.05) is 14.1 Å². The monoisotopic (exact) mass is 607 g/mol. The van der Waals surface area contributed by atoms with E-state index in [1.54, 1.807) is 0 Å². The first-order valence-corrected chi connectivity index (χ1v) is 14.5. The quantitative estimate of drug-likeness (QED) is 0.343. The van der Waals surface area contributed by atoms with Crippen molar-refractivity contribution in [2.75, 3.05) is 51.0 Å². The summed E-state index contributed by atoms with van der Waals surface area (Å²) < 4.78 is 65.2. The topological polar surface area (TPSA) is 92.4 Å². The van der Waals surface area contributed by atoms with Gasteiger partial charge in [0, 0.05) is 42.5 Å². The zero-order chi connectivity index (χ0) is 30.0. The average Bonchev–Trinajstić information content (AvgIpc) is 3.54. The molecule has 0 spiro atoms. The van der Waals surface area contributed by atoms with E-state index in [4.69, 9.17) is 27.1 Å². The largest absolute Gasteiger partial charge is 0.463 e. The number of ether oxygens (including phenoxy) is 1. The number of anilines is 2. The normalized spacial score (nSPS) is 21.7. The summed E-state index contributed by atoms with van der Waals surface area (Å²) in [6.07, 6.45) is 0.144. The van der Waals surface area contributed by atoms with Crippen molar-refractivity contribution in [2.45, 2.75) is 57.3 Å². The van der Waals surface area contributed by atoms with Crippen molar-refractivity contribution in [3.8, 4) is 17.3 Å². The number of hydrogen-bond donors (Lipinski definition) is 2. The van der Waals surface area contributed by atoms with Gasteiger partial charge in [-0.1, -0.05) is 11.6 Å². The summed E-state index contributed by atoms with van der Waals surface area (Å²) in [6, 6.07) is 3.16. The van der Waals surface area contributed by atoms with Crippen LogP contribution in [0, 0.1) is 18.2 Å². The molecule has 3 fully saturated rings. The molecule has 3 N–H and O–H groups in total. The van der Waals surface area contributed by atoms with E-state index in [0.29, 0.717) is 36.9 Å². The zero-order valence-corrected chi connectivity index (χ0v) is 24.5. The number of aromatic nitrogens is 3. The Morgan fingerprint density at radius 3 is 2.57 bits per heavy atom. The van der Waals surface area contributed by atoms with E-state index >= 15 is 4.39 Å². The second-order valence-corrected chi connectivity index (χ2v) is 12.7. The molecule has 0 unspecified atom stereocenters. The minimum atomic E-state index is -4.82. The molecule has 1 saturated carbocycles. The van der Waals surface area contributed by atoms with E-state index in [2.05, 4.69) is 25.1 Å². The van der Waals surface area contributed by atoms with Crippen LogP contribution in [-0.2, 0) is 6.18 Å². The van der Waals surface area contributed by atoms with Crippen molar-refractivity contribution >= 4 is 34.1 Å². The van der Waals surface area contributed by atoms with Crippen molar-refractivity contribution in [3.05, 3.63) is 34.1 Å². The molecular formula is C29H34ClF4N7O. The van der Waals surface area contributed by atoms with Gasteiger partial charge in [-0.05, 0) is 70.8 Å². The van der Waals surface area contributed by atoms with Crippen LogP contribution in [0.3, 0.4) is 0 Å². The minimum Gasteiger partial charge on any atom is -0.463 e. The molecule has 2 aromatic heterocycles. The maximum Gasteiger partial charge on any atom is 0.418 e. The Hall–Kier alpha value is -2.96. The molecule has 1 aromatic carbocycles. The third kappa shape index (κ3) is 5.56. The van der Waals surface area contributed by atoms with Crippen molar-refractivity contribution < 1.29 is 22.3 Å². The number of nitrogens with zero attached hydrogens (tertiary/aromatic N) is 5. The van der Waals surface area contributed by atoms with Crippen LogP contribution in [-0.4, -0.2) is 72.3 Å². The molecule has 4 heterocycles. The summed E-state index contributed by atoms with van der Waals surface area (Å²) in [5, 5.41) is 3.69. The molecule has 226 valence electrons. The average molecular weight is 608 g/mol. The molecule has 2 aliphatic heterocycles. The summed E-state index contributed by atoms with van der Waals surface area (Å²) >= 11 is 6.58. The SMILES string of the molecule is Cc1cc(N)nc(-c2c(Cl)cc3c(N4CC[C@H]5CC[C@@H](C4)N5)nc(OCC4(CN(C)C)CC4)nc3c2F)c1C(F)(F)F. The van der Waals surface area contributed by atoms with E-state index in [-0.39, 0.29) is 39.4 Å². The van der Waals surface area contributed by atoms with Crippen LogP contribution in [0.4, 0.5) is 29.2 Å². The molecule has 0 amide bonds. The summed E-state index contributed by atoms with van der Waals surface area (Å²) in [5.74, 6) is -0.763. The highest BCUT2D eigenvalue weighted by atomic mass is 35.5. The first-order chi connectivity index (χ1) is 19.8. The first kappa shape index (κ1) is 29.1. The number of aryl methyl sites for hydroxylation is 1. The third-order valence-electron chi connectivity index (χ3n) is 8.54. The molecular weight excluding hydrogens is 574 g/mol.